The maximum atomic E-state index is 6.15. The first-order chi connectivity index (χ1) is 5.65. The highest BCUT2D eigenvalue weighted by atomic mass is 35.5. The molecule has 0 saturated heterocycles. The molecule has 0 aromatic carbocycles. The molecule has 12 heavy (non-hydrogen) atoms. The zero-order valence-corrected chi connectivity index (χ0v) is 8.90. The van der Waals surface area contributed by atoms with Gasteiger partial charge in [0.05, 0.1) is 0 Å². The second-order valence-electron chi connectivity index (χ2n) is 4.02. The van der Waals surface area contributed by atoms with Crippen molar-refractivity contribution >= 4 is 11.6 Å². The van der Waals surface area contributed by atoms with Crippen LogP contribution in [0, 0.1) is 11.8 Å². The molecule has 0 heterocycles. The zero-order chi connectivity index (χ0) is 9.14. The van der Waals surface area contributed by atoms with Crippen LogP contribution in [-0.2, 0) is 0 Å². The van der Waals surface area contributed by atoms with Gasteiger partial charge in [0.15, 0.2) is 0 Å². The number of alkyl halides is 1. The van der Waals surface area contributed by atoms with Crippen molar-refractivity contribution in [2.24, 2.45) is 11.8 Å². The molecule has 1 fully saturated rings. The van der Waals surface area contributed by atoms with Gasteiger partial charge in [-0.3, -0.25) is 0 Å². The summed E-state index contributed by atoms with van der Waals surface area (Å²) < 4.78 is 0. The Bertz CT molecular complexity index is 162. The Balaban J connectivity index is 2.38. The lowest BCUT2D eigenvalue weighted by Crippen LogP contribution is -2.11. The van der Waals surface area contributed by atoms with Crippen molar-refractivity contribution in [3.8, 4) is 0 Å². The van der Waals surface area contributed by atoms with E-state index in [9.17, 15) is 0 Å². The van der Waals surface area contributed by atoms with E-state index in [0.717, 1.165) is 12.3 Å². The van der Waals surface area contributed by atoms with E-state index in [1.165, 1.54) is 24.8 Å². The second-order valence-corrected chi connectivity index (χ2v) is 4.58. The fourth-order valence-corrected chi connectivity index (χ4v) is 2.33. The summed E-state index contributed by atoms with van der Waals surface area (Å²) in [6, 6.07) is 0. The van der Waals surface area contributed by atoms with Gasteiger partial charge in [0.1, 0.15) is 0 Å². The lowest BCUT2D eigenvalue weighted by Gasteiger charge is -2.17. The molecule has 0 amide bonds. The molecule has 0 aliphatic heterocycles. The summed E-state index contributed by atoms with van der Waals surface area (Å²) >= 11 is 6.15. The van der Waals surface area contributed by atoms with Gasteiger partial charge in [-0.2, -0.15) is 0 Å². The van der Waals surface area contributed by atoms with Crippen LogP contribution in [0.25, 0.3) is 0 Å². The van der Waals surface area contributed by atoms with Gasteiger partial charge < -0.3 is 0 Å². The minimum absolute atomic E-state index is 0.416. The van der Waals surface area contributed by atoms with Crippen LogP contribution in [-0.4, -0.2) is 5.38 Å². The first-order valence-electron chi connectivity index (χ1n) is 4.95. The Morgan fingerprint density at radius 1 is 1.50 bits per heavy atom. The zero-order valence-electron chi connectivity index (χ0n) is 8.15. The first-order valence-corrected chi connectivity index (χ1v) is 5.39. The van der Waals surface area contributed by atoms with Gasteiger partial charge in [-0.25, -0.2) is 0 Å². The standard InChI is InChI=1S/C11H19Cl/c1-4-8(2)7-10-5-6-11(12)9(10)3/h9-11H,2,4-7H2,1,3H3. The third-order valence-electron chi connectivity index (χ3n) is 3.18. The summed E-state index contributed by atoms with van der Waals surface area (Å²) in [7, 11) is 0. The molecule has 1 aliphatic carbocycles. The molecule has 3 unspecified atom stereocenters. The smallest absolute Gasteiger partial charge is 0.0364 e. The molecule has 1 saturated carbocycles. The third-order valence-corrected chi connectivity index (χ3v) is 3.79. The molecule has 0 radical (unpaired) electrons. The molecular weight excluding hydrogens is 168 g/mol. The molecule has 0 N–H and O–H groups in total. The van der Waals surface area contributed by atoms with Gasteiger partial charge in [-0.1, -0.05) is 26.0 Å². The molecule has 0 nitrogen and oxygen atoms in total. The molecule has 1 rings (SSSR count). The van der Waals surface area contributed by atoms with Crippen LogP contribution >= 0.6 is 11.6 Å². The van der Waals surface area contributed by atoms with E-state index in [0.29, 0.717) is 11.3 Å². The summed E-state index contributed by atoms with van der Waals surface area (Å²) in [6.07, 6.45) is 4.82. The SMILES string of the molecule is C=C(CC)CC1CCC(Cl)C1C. The minimum Gasteiger partial charge on any atom is -0.123 e. The highest BCUT2D eigenvalue weighted by molar-refractivity contribution is 6.20. The minimum atomic E-state index is 0.416. The normalized spacial score (nSPS) is 35.4. The van der Waals surface area contributed by atoms with Crippen LogP contribution in [0.5, 0.6) is 0 Å². The van der Waals surface area contributed by atoms with Crippen LogP contribution in [0.4, 0.5) is 0 Å². The lowest BCUT2D eigenvalue weighted by molar-refractivity contribution is 0.416. The molecule has 0 bridgehead atoms. The first kappa shape index (κ1) is 10.1. The molecular formula is C11H19Cl. The molecule has 1 heteroatoms. The van der Waals surface area contributed by atoms with Crippen molar-refractivity contribution in [2.45, 2.75) is 44.9 Å². The number of halogens is 1. The summed E-state index contributed by atoms with van der Waals surface area (Å²) in [5, 5.41) is 0.416. The van der Waals surface area contributed by atoms with E-state index in [2.05, 4.69) is 20.4 Å². The van der Waals surface area contributed by atoms with Crippen molar-refractivity contribution in [3.63, 3.8) is 0 Å². The van der Waals surface area contributed by atoms with E-state index in [-0.39, 0.29) is 0 Å². The number of rotatable bonds is 3. The van der Waals surface area contributed by atoms with Crippen LogP contribution < -0.4 is 0 Å². The summed E-state index contributed by atoms with van der Waals surface area (Å²) in [5.41, 5.74) is 1.39. The van der Waals surface area contributed by atoms with Gasteiger partial charge in [0.2, 0.25) is 0 Å². The third kappa shape index (κ3) is 2.26. The van der Waals surface area contributed by atoms with Gasteiger partial charge in [-0.05, 0) is 37.5 Å². The Morgan fingerprint density at radius 2 is 2.17 bits per heavy atom. The summed E-state index contributed by atoms with van der Waals surface area (Å²) in [5.74, 6) is 1.50. The highest BCUT2D eigenvalue weighted by Crippen LogP contribution is 2.38. The number of hydrogen-bond donors (Lipinski definition) is 0. The van der Waals surface area contributed by atoms with Crippen molar-refractivity contribution < 1.29 is 0 Å². The van der Waals surface area contributed by atoms with E-state index in [1.54, 1.807) is 0 Å². The number of hydrogen-bond acceptors (Lipinski definition) is 0. The van der Waals surface area contributed by atoms with E-state index in [1.807, 2.05) is 0 Å². The van der Waals surface area contributed by atoms with Gasteiger partial charge in [0, 0.05) is 5.38 Å². The van der Waals surface area contributed by atoms with Crippen molar-refractivity contribution in [1.29, 1.82) is 0 Å². The largest absolute Gasteiger partial charge is 0.123 e. The maximum Gasteiger partial charge on any atom is 0.0364 e. The molecule has 0 aromatic heterocycles. The van der Waals surface area contributed by atoms with Crippen molar-refractivity contribution in [3.05, 3.63) is 12.2 Å². The predicted molar refractivity (Wildman–Crippen MR) is 55.6 cm³/mol. The Kier molecular flexibility index (Phi) is 3.64. The van der Waals surface area contributed by atoms with Crippen LogP contribution in [0.15, 0.2) is 12.2 Å². The van der Waals surface area contributed by atoms with Crippen molar-refractivity contribution in [1.82, 2.24) is 0 Å². The quantitative estimate of drug-likeness (QED) is 0.462. The van der Waals surface area contributed by atoms with Crippen LogP contribution in [0.1, 0.15) is 39.5 Å². The Morgan fingerprint density at radius 3 is 2.58 bits per heavy atom. The molecule has 0 spiro atoms. The Labute approximate surface area is 81.0 Å². The lowest BCUT2D eigenvalue weighted by atomic mass is 9.90. The number of allylic oxidation sites excluding steroid dienone is 1. The van der Waals surface area contributed by atoms with Gasteiger partial charge in [0.25, 0.3) is 0 Å². The molecule has 3 atom stereocenters. The topological polar surface area (TPSA) is 0 Å². The van der Waals surface area contributed by atoms with Crippen LogP contribution in [0.2, 0.25) is 0 Å². The predicted octanol–water partition coefficient (Wildman–Crippen LogP) is 4.00. The summed E-state index contributed by atoms with van der Waals surface area (Å²) in [4.78, 5) is 0. The molecule has 1 aliphatic rings. The highest BCUT2D eigenvalue weighted by Gasteiger charge is 2.30. The monoisotopic (exact) mass is 186 g/mol. The van der Waals surface area contributed by atoms with Crippen molar-refractivity contribution in [2.75, 3.05) is 0 Å². The Hall–Kier alpha value is 0.0300. The van der Waals surface area contributed by atoms with Crippen LogP contribution in [0.3, 0.4) is 0 Å². The maximum absolute atomic E-state index is 6.15. The fourth-order valence-electron chi connectivity index (χ4n) is 2.00. The summed E-state index contributed by atoms with van der Waals surface area (Å²) in [6.45, 7) is 8.51. The molecule has 0 aromatic rings. The second kappa shape index (κ2) is 4.32. The van der Waals surface area contributed by atoms with E-state index in [4.69, 9.17) is 11.6 Å². The van der Waals surface area contributed by atoms with E-state index < -0.39 is 0 Å². The average molecular weight is 187 g/mol. The van der Waals surface area contributed by atoms with E-state index >= 15 is 0 Å². The van der Waals surface area contributed by atoms with Gasteiger partial charge >= 0.3 is 0 Å². The average Bonchev–Trinajstić information content (AvgIpc) is 2.36. The molecule has 70 valence electrons. The van der Waals surface area contributed by atoms with Gasteiger partial charge in [-0.15, -0.1) is 11.6 Å². The fraction of sp³-hybridized carbons (Fsp3) is 0.818.